The molecule has 9 rings (SSSR count). The summed E-state index contributed by atoms with van der Waals surface area (Å²) in [6, 6.07) is 76.7. The Kier molecular flexibility index (Phi) is 10.5. The fraction of sp³-hybridized carbons (Fsp3) is 0.0962. The predicted molar refractivity (Wildman–Crippen MR) is 239 cm³/mol. The number of anilines is 1. The summed E-state index contributed by atoms with van der Waals surface area (Å²) in [4.78, 5) is 5.65. The third-order valence-corrected chi connectivity index (χ3v) is 11.7. The third-order valence-electron chi connectivity index (χ3n) is 11.2. The molecule has 0 aliphatic rings. The van der Waals surface area contributed by atoms with E-state index < -0.39 is 11.1 Å². The van der Waals surface area contributed by atoms with Crippen LogP contribution in [0.5, 0.6) is 0 Å². The Morgan fingerprint density at radius 1 is 0.500 bits per heavy atom. The number of alkyl halides is 1. The smallest absolute Gasteiger partial charge is 0.182 e. The summed E-state index contributed by atoms with van der Waals surface area (Å²) in [5.74, 6) is 0.706. The van der Waals surface area contributed by atoms with E-state index in [0.717, 1.165) is 56.2 Å². The van der Waals surface area contributed by atoms with Crippen LogP contribution in [0.15, 0.2) is 218 Å². The second-order valence-corrected chi connectivity index (χ2v) is 15.3. The van der Waals surface area contributed by atoms with E-state index in [0.29, 0.717) is 11.5 Å². The van der Waals surface area contributed by atoms with Gasteiger partial charge < -0.3 is 5.32 Å². The molecule has 9 aromatic rings. The minimum Gasteiger partial charge on any atom is -0.353 e. The molecule has 0 radical (unpaired) electrons. The maximum absolute atomic E-state index is 5.65. The molecule has 0 spiro atoms. The van der Waals surface area contributed by atoms with Crippen molar-refractivity contribution < 1.29 is 0 Å². The van der Waals surface area contributed by atoms with E-state index in [9.17, 15) is 0 Å². The van der Waals surface area contributed by atoms with E-state index in [1.165, 1.54) is 5.56 Å². The zero-order valence-corrected chi connectivity index (χ0v) is 33.5. The lowest BCUT2D eigenvalue weighted by atomic mass is 9.76. The highest BCUT2D eigenvalue weighted by Gasteiger charge is 2.43. The molecule has 1 atom stereocenters. The molecule has 0 fully saturated rings. The number of nitrogens with zero attached hydrogens (tertiary/aromatic N) is 4. The molecule has 282 valence electrons. The van der Waals surface area contributed by atoms with Crippen molar-refractivity contribution in [2.45, 2.75) is 23.4 Å². The number of hydrogen-bond acceptors (Lipinski definition) is 4. The molecule has 0 bridgehead atoms. The van der Waals surface area contributed by atoms with Crippen LogP contribution in [-0.2, 0) is 11.1 Å². The van der Waals surface area contributed by atoms with Crippen LogP contribution >= 0.6 is 15.9 Å². The topological polar surface area (TPSA) is 55.6 Å². The molecule has 0 saturated carbocycles. The van der Waals surface area contributed by atoms with Crippen LogP contribution in [0, 0.1) is 0 Å². The lowest BCUT2D eigenvalue weighted by molar-refractivity contribution is 0.457. The fourth-order valence-electron chi connectivity index (χ4n) is 8.66. The second-order valence-electron chi connectivity index (χ2n) is 14.5. The van der Waals surface area contributed by atoms with Crippen molar-refractivity contribution in [2.75, 3.05) is 10.6 Å². The lowest BCUT2D eigenvalue weighted by Gasteiger charge is -2.38. The van der Waals surface area contributed by atoms with Gasteiger partial charge in [-0.3, -0.25) is 0 Å². The number of fused-ring (bicyclic) bond motifs is 1. The SMILES string of the molecule is BrCC[C@H](c1ccccc1)c1cc(NC(c2ccccc2)(c2ccccc2)c2ccccc2)nc2c1nnn2C(c1ccccc1)(c1ccccc1)c1ccccc1. The third kappa shape index (κ3) is 6.59. The molecule has 2 heterocycles. The summed E-state index contributed by atoms with van der Waals surface area (Å²) in [6.45, 7) is 0. The number of nitrogens with one attached hydrogen (secondary N) is 1. The van der Waals surface area contributed by atoms with E-state index in [1.54, 1.807) is 0 Å². The number of aromatic nitrogens is 4. The van der Waals surface area contributed by atoms with Gasteiger partial charge in [-0.15, -0.1) is 5.10 Å². The number of halogens is 1. The first-order valence-corrected chi connectivity index (χ1v) is 20.8. The quantitative estimate of drug-likeness (QED) is 0.0930. The Morgan fingerprint density at radius 2 is 0.879 bits per heavy atom. The Morgan fingerprint density at radius 3 is 1.28 bits per heavy atom. The molecule has 1 N–H and O–H groups in total. The van der Waals surface area contributed by atoms with E-state index in [1.807, 2.05) is 0 Å². The van der Waals surface area contributed by atoms with Crippen molar-refractivity contribution in [1.29, 1.82) is 0 Å². The van der Waals surface area contributed by atoms with Crippen LogP contribution in [0.1, 0.15) is 56.8 Å². The summed E-state index contributed by atoms with van der Waals surface area (Å²) < 4.78 is 2.06. The maximum Gasteiger partial charge on any atom is 0.182 e. The van der Waals surface area contributed by atoms with Gasteiger partial charge in [0.25, 0.3) is 0 Å². The van der Waals surface area contributed by atoms with Gasteiger partial charge in [-0.25, -0.2) is 9.67 Å². The molecule has 0 unspecified atom stereocenters. The predicted octanol–water partition coefficient (Wildman–Crippen LogP) is 12.0. The average Bonchev–Trinajstić information content (AvgIpc) is 3.74. The monoisotopic (exact) mass is 815 g/mol. The first kappa shape index (κ1) is 37.0. The van der Waals surface area contributed by atoms with Crippen molar-refractivity contribution >= 4 is 32.9 Å². The molecule has 0 amide bonds. The highest BCUT2D eigenvalue weighted by atomic mass is 79.9. The number of benzene rings is 7. The number of rotatable bonds is 13. The molecular formula is C52H42BrN5. The lowest BCUT2D eigenvalue weighted by Crippen LogP contribution is -2.39. The molecule has 7 aromatic carbocycles. The van der Waals surface area contributed by atoms with Crippen LogP contribution in [0.4, 0.5) is 5.82 Å². The van der Waals surface area contributed by atoms with E-state index in [4.69, 9.17) is 15.3 Å². The highest BCUT2D eigenvalue weighted by molar-refractivity contribution is 9.09. The van der Waals surface area contributed by atoms with Crippen molar-refractivity contribution in [2.24, 2.45) is 0 Å². The van der Waals surface area contributed by atoms with Crippen LogP contribution in [0.3, 0.4) is 0 Å². The van der Waals surface area contributed by atoms with Gasteiger partial charge in [0.05, 0.1) is 0 Å². The summed E-state index contributed by atoms with van der Waals surface area (Å²) >= 11 is 3.82. The van der Waals surface area contributed by atoms with Crippen molar-refractivity contribution in [3.63, 3.8) is 0 Å². The molecule has 0 saturated heterocycles. The van der Waals surface area contributed by atoms with Gasteiger partial charge in [-0.05, 0) is 57.0 Å². The summed E-state index contributed by atoms with van der Waals surface area (Å²) in [6.07, 6.45) is 0.845. The second kappa shape index (κ2) is 16.5. The van der Waals surface area contributed by atoms with Gasteiger partial charge in [0, 0.05) is 11.2 Å². The Bertz CT molecular complexity index is 2500. The van der Waals surface area contributed by atoms with Gasteiger partial charge in [0.1, 0.15) is 22.4 Å². The van der Waals surface area contributed by atoms with Gasteiger partial charge >= 0.3 is 0 Å². The fourth-order valence-corrected chi connectivity index (χ4v) is 9.11. The molecule has 2 aromatic heterocycles. The summed E-state index contributed by atoms with van der Waals surface area (Å²) in [5, 5.41) is 15.2. The summed E-state index contributed by atoms with van der Waals surface area (Å²) in [7, 11) is 0. The number of pyridine rings is 1. The molecule has 0 aliphatic heterocycles. The van der Waals surface area contributed by atoms with Crippen molar-refractivity contribution in [1.82, 2.24) is 20.0 Å². The minimum absolute atomic E-state index is 0.00377. The zero-order valence-electron chi connectivity index (χ0n) is 31.9. The zero-order chi connectivity index (χ0) is 39.2. The highest BCUT2D eigenvalue weighted by Crippen LogP contribution is 2.45. The Hall–Kier alpha value is -6.63. The first-order valence-electron chi connectivity index (χ1n) is 19.7. The Labute approximate surface area is 348 Å². The molecule has 6 heteroatoms. The molecule has 0 aliphatic carbocycles. The van der Waals surface area contributed by atoms with E-state index >= 15 is 0 Å². The first-order chi connectivity index (χ1) is 28.7. The number of hydrogen-bond donors (Lipinski definition) is 1. The van der Waals surface area contributed by atoms with Gasteiger partial charge in [0.2, 0.25) is 0 Å². The standard InChI is InChI=1S/C52H42BrN5/c53-37-36-46(39-22-8-1-9-23-39)47-38-48(55-51(40-24-10-2-11-25-40,41-26-12-3-13-27-41)42-28-14-4-15-29-42)54-50-49(47)56-57-58(50)52(43-30-16-5-17-31-43,44-32-18-6-19-33-44)45-34-20-7-21-35-45/h1-35,38,46H,36-37H2,(H,54,55)/t46-/m1/s1. The van der Waals surface area contributed by atoms with Crippen LogP contribution in [-0.4, -0.2) is 25.3 Å². The maximum atomic E-state index is 5.65. The van der Waals surface area contributed by atoms with Crippen molar-refractivity contribution in [3.05, 3.63) is 263 Å². The van der Waals surface area contributed by atoms with Crippen LogP contribution in [0.2, 0.25) is 0 Å². The van der Waals surface area contributed by atoms with Gasteiger partial charge in [0.15, 0.2) is 5.65 Å². The minimum atomic E-state index is -0.922. The van der Waals surface area contributed by atoms with E-state index in [2.05, 4.69) is 244 Å². The van der Waals surface area contributed by atoms with Gasteiger partial charge in [-0.1, -0.05) is 233 Å². The Balaban J connectivity index is 1.40. The molecule has 58 heavy (non-hydrogen) atoms. The normalized spacial score (nSPS) is 12.3. The molecule has 5 nitrogen and oxygen atoms in total. The largest absolute Gasteiger partial charge is 0.353 e. The summed E-state index contributed by atoms with van der Waals surface area (Å²) in [5.41, 5.74) is 8.38. The van der Waals surface area contributed by atoms with Crippen LogP contribution in [0.25, 0.3) is 11.2 Å². The van der Waals surface area contributed by atoms with Crippen molar-refractivity contribution in [3.8, 4) is 0 Å². The molecular weight excluding hydrogens is 775 g/mol. The van der Waals surface area contributed by atoms with Crippen LogP contribution < -0.4 is 5.32 Å². The van der Waals surface area contributed by atoms with Gasteiger partial charge in [-0.2, -0.15) is 0 Å². The van der Waals surface area contributed by atoms with E-state index in [-0.39, 0.29) is 5.92 Å². The average molecular weight is 817 g/mol.